The topological polar surface area (TPSA) is 89.7 Å². The zero-order chi connectivity index (χ0) is 16.1. The summed E-state index contributed by atoms with van der Waals surface area (Å²) >= 11 is 0. The van der Waals surface area contributed by atoms with Gasteiger partial charge in [0, 0.05) is 32.8 Å². The monoisotopic (exact) mass is 317 g/mol. The molecule has 0 saturated carbocycles. The Morgan fingerprint density at radius 1 is 1.26 bits per heavy atom. The number of fused-ring (bicyclic) bond motifs is 1. The number of amides is 2. The van der Waals surface area contributed by atoms with Gasteiger partial charge >= 0.3 is 6.03 Å². The maximum absolute atomic E-state index is 11.9. The molecular weight excluding hydrogens is 294 g/mol. The van der Waals surface area contributed by atoms with E-state index in [0.29, 0.717) is 13.1 Å². The van der Waals surface area contributed by atoms with Crippen LogP contribution in [0.2, 0.25) is 0 Å². The molecule has 0 atom stereocenters. The summed E-state index contributed by atoms with van der Waals surface area (Å²) in [5, 5.41) is 18.2. The van der Waals surface area contributed by atoms with E-state index in [2.05, 4.69) is 30.5 Å². The van der Waals surface area contributed by atoms with E-state index in [1.165, 1.54) is 12.8 Å². The molecule has 0 spiro atoms. The van der Waals surface area contributed by atoms with Crippen molar-refractivity contribution < 1.29 is 4.79 Å². The van der Waals surface area contributed by atoms with Crippen molar-refractivity contribution in [3.8, 4) is 0 Å². The molecule has 0 saturated heterocycles. The summed E-state index contributed by atoms with van der Waals surface area (Å²) in [6.07, 6.45) is 9.04. The number of carbonyl (C=O) groups is 1. The fourth-order valence-electron chi connectivity index (χ4n) is 2.82. The summed E-state index contributed by atoms with van der Waals surface area (Å²) in [6, 6.07) is -0.181. The number of urea groups is 1. The molecule has 124 valence electrons. The van der Waals surface area contributed by atoms with Gasteiger partial charge in [0.25, 0.3) is 0 Å². The molecule has 3 rings (SSSR count). The van der Waals surface area contributed by atoms with Crippen LogP contribution in [0.5, 0.6) is 0 Å². The van der Waals surface area contributed by atoms with Gasteiger partial charge in [0.1, 0.15) is 5.82 Å². The van der Waals surface area contributed by atoms with Crippen LogP contribution in [-0.4, -0.2) is 37.1 Å². The molecule has 8 nitrogen and oxygen atoms in total. The number of aryl methyl sites for hydroxylation is 2. The summed E-state index contributed by atoms with van der Waals surface area (Å²) in [6.45, 7) is 1.93. The molecule has 2 aromatic rings. The van der Waals surface area contributed by atoms with Crippen molar-refractivity contribution in [2.45, 2.75) is 45.2 Å². The van der Waals surface area contributed by atoms with Crippen molar-refractivity contribution in [1.29, 1.82) is 0 Å². The van der Waals surface area contributed by atoms with E-state index in [0.717, 1.165) is 43.0 Å². The smallest absolute Gasteiger partial charge is 0.315 e. The van der Waals surface area contributed by atoms with Gasteiger partial charge in [0.15, 0.2) is 5.82 Å². The van der Waals surface area contributed by atoms with Gasteiger partial charge in [-0.3, -0.25) is 4.68 Å². The van der Waals surface area contributed by atoms with E-state index in [1.54, 1.807) is 4.68 Å². The van der Waals surface area contributed by atoms with Crippen molar-refractivity contribution in [3.05, 3.63) is 29.6 Å². The highest BCUT2D eigenvalue weighted by Gasteiger charge is 2.14. The van der Waals surface area contributed by atoms with E-state index in [4.69, 9.17) is 0 Å². The number of nitrogens with zero attached hydrogens (tertiary/aromatic N) is 5. The Morgan fingerprint density at radius 3 is 3.00 bits per heavy atom. The van der Waals surface area contributed by atoms with E-state index in [9.17, 15) is 4.79 Å². The zero-order valence-corrected chi connectivity index (χ0v) is 13.5. The largest absolute Gasteiger partial charge is 0.338 e. The van der Waals surface area contributed by atoms with Crippen LogP contribution >= 0.6 is 0 Å². The number of rotatable bonds is 5. The number of hydrogen-bond acceptors (Lipinski definition) is 4. The third-order valence-corrected chi connectivity index (χ3v) is 4.05. The number of nitrogens with one attached hydrogen (secondary N) is 2. The zero-order valence-electron chi connectivity index (χ0n) is 13.5. The highest BCUT2D eigenvalue weighted by Crippen LogP contribution is 2.14. The fraction of sp³-hybridized carbons (Fsp3) is 0.600. The van der Waals surface area contributed by atoms with Crippen LogP contribution in [0.15, 0.2) is 12.4 Å². The second-order valence-electron chi connectivity index (χ2n) is 5.88. The van der Waals surface area contributed by atoms with Crippen molar-refractivity contribution in [1.82, 2.24) is 35.2 Å². The minimum absolute atomic E-state index is 0.181. The minimum atomic E-state index is -0.181. The van der Waals surface area contributed by atoms with E-state index < -0.39 is 0 Å². The lowest BCUT2D eigenvalue weighted by molar-refractivity contribution is 0.240. The molecule has 3 heterocycles. The van der Waals surface area contributed by atoms with Crippen LogP contribution in [0.4, 0.5) is 4.79 Å². The highest BCUT2D eigenvalue weighted by molar-refractivity contribution is 5.73. The summed E-state index contributed by atoms with van der Waals surface area (Å²) in [5.74, 6) is 1.88. The quantitative estimate of drug-likeness (QED) is 0.853. The maximum Gasteiger partial charge on any atom is 0.315 e. The van der Waals surface area contributed by atoms with Gasteiger partial charge in [-0.05, 0) is 24.8 Å². The molecule has 0 unspecified atom stereocenters. The first-order chi connectivity index (χ1) is 11.2. The van der Waals surface area contributed by atoms with Crippen LogP contribution in [-0.2, 0) is 33.0 Å². The van der Waals surface area contributed by atoms with E-state index >= 15 is 0 Å². The van der Waals surface area contributed by atoms with E-state index in [-0.39, 0.29) is 6.03 Å². The van der Waals surface area contributed by atoms with Crippen LogP contribution < -0.4 is 10.6 Å². The number of aromatic nitrogens is 5. The molecule has 0 aromatic carbocycles. The van der Waals surface area contributed by atoms with Gasteiger partial charge in [-0.1, -0.05) is 6.42 Å². The summed E-state index contributed by atoms with van der Waals surface area (Å²) in [7, 11) is 1.88. The lowest BCUT2D eigenvalue weighted by Gasteiger charge is -2.09. The Labute approximate surface area is 135 Å². The predicted molar refractivity (Wildman–Crippen MR) is 84.7 cm³/mol. The molecule has 0 fully saturated rings. The molecule has 2 amide bonds. The Balaban J connectivity index is 1.43. The first kappa shape index (κ1) is 15.5. The van der Waals surface area contributed by atoms with Crippen molar-refractivity contribution >= 4 is 6.03 Å². The molecule has 0 bridgehead atoms. The van der Waals surface area contributed by atoms with Gasteiger partial charge in [-0.25, -0.2) is 4.79 Å². The molecule has 23 heavy (non-hydrogen) atoms. The van der Waals surface area contributed by atoms with Crippen LogP contribution in [0, 0.1) is 0 Å². The fourth-order valence-corrected chi connectivity index (χ4v) is 2.82. The molecule has 0 radical (unpaired) electrons. The van der Waals surface area contributed by atoms with Gasteiger partial charge < -0.3 is 15.2 Å². The Morgan fingerprint density at radius 2 is 2.17 bits per heavy atom. The number of hydrogen-bond donors (Lipinski definition) is 2. The molecule has 2 N–H and O–H groups in total. The van der Waals surface area contributed by atoms with Gasteiger partial charge in [0.05, 0.1) is 12.7 Å². The molecule has 2 aromatic heterocycles. The van der Waals surface area contributed by atoms with Crippen molar-refractivity contribution in [2.75, 3.05) is 6.54 Å². The Kier molecular flexibility index (Phi) is 4.89. The lowest BCUT2D eigenvalue weighted by Crippen LogP contribution is -2.36. The van der Waals surface area contributed by atoms with Crippen LogP contribution in [0.1, 0.15) is 36.5 Å². The Bertz CT molecular complexity index is 661. The maximum atomic E-state index is 11.9. The first-order valence-corrected chi connectivity index (χ1v) is 8.12. The first-order valence-electron chi connectivity index (χ1n) is 8.12. The van der Waals surface area contributed by atoms with Crippen molar-refractivity contribution in [3.63, 3.8) is 0 Å². The summed E-state index contributed by atoms with van der Waals surface area (Å²) in [5.41, 5.74) is 1.11. The molecule has 0 aliphatic carbocycles. The second-order valence-corrected chi connectivity index (χ2v) is 5.88. The average Bonchev–Trinajstić information content (AvgIpc) is 3.04. The third-order valence-electron chi connectivity index (χ3n) is 4.05. The van der Waals surface area contributed by atoms with Crippen LogP contribution in [0.3, 0.4) is 0 Å². The standard InChI is InChI=1S/C15H23N7O/c1-21-11-12(9-18-21)6-7-16-15(23)17-10-14-20-19-13-5-3-2-4-8-22(13)14/h9,11H,2-8,10H2,1H3,(H2,16,17,23). The summed E-state index contributed by atoms with van der Waals surface area (Å²) < 4.78 is 3.90. The molecular formula is C15H23N7O. The normalized spacial score (nSPS) is 14.1. The molecule has 1 aliphatic rings. The SMILES string of the molecule is Cn1cc(CCNC(=O)NCc2nnc3n2CCCCC3)cn1. The second kappa shape index (κ2) is 7.26. The third kappa shape index (κ3) is 4.08. The van der Waals surface area contributed by atoms with Crippen molar-refractivity contribution in [2.24, 2.45) is 7.05 Å². The van der Waals surface area contributed by atoms with E-state index in [1.807, 2.05) is 19.4 Å². The molecule has 1 aliphatic heterocycles. The van der Waals surface area contributed by atoms with Gasteiger partial charge in [-0.15, -0.1) is 10.2 Å². The number of carbonyl (C=O) groups excluding carboxylic acids is 1. The van der Waals surface area contributed by atoms with Gasteiger partial charge in [0.2, 0.25) is 0 Å². The van der Waals surface area contributed by atoms with Gasteiger partial charge in [-0.2, -0.15) is 5.10 Å². The van der Waals surface area contributed by atoms with Crippen LogP contribution in [0.25, 0.3) is 0 Å². The Hall–Kier alpha value is -2.38. The predicted octanol–water partition coefficient (Wildman–Crippen LogP) is 0.780. The lowest BCUT2D eigenvalue weighted by atomic mass is 10.2. The summed E-state index contributed by atoms with van der Waals surface area (Å²) in [4.78, 5) is 11.9. The average molecular weight is 317 g/mol. The minimum Gasteiger partial charge on any atom is -0.338 e. The molecule has 8 heteroatoms. The highest BCUT2D eigenvalue weighted by atomic mass is 16.2.